The number of nitro benzene ring substituents is 1. The first kappa shape index (κ1) is 13.5. The topological polar surface area (TPSA) is 131 Å². The molecule has 0 radical (unpaired) electrons. The van der Waals surface area contributed by atoms with Gasteiger partial charge in [-0.05, 0) is 12.1 Å². The number of hydrogen-bond donors (Lipinski definition) is 2. The second-order valence-corrected chi connectivity index (χ2v) is 3.82. The second kappa shape index (κ2) is 5.78. The number of nitrogens with zero attached hydrogens (tertiary/aromatic N) is 3. The van der Waals surface area contributed by atoms with Crippen LogP contribution >= 0.6 is 0 Å². The minimum atomic E-state index is -1.35. The van der Waals surface area contributed by atoms with Crippen molar-refractivity contribution in [2.45, 2.75) is 6.42 Å². The van der Waals surface area contributed by atoms with E-state index in [2.05, 4.69) is 20.0 Å². The third-order valence-corrected chi connectivity index (χ3v) is 2.51. The number of hydrogen-bond acceptors (Lipinski definition) is 7. The fraction of sp³-hybridized carbons (Fsp3) is 0.182. The van der Waals surface area contributed by atoms with Crippen molar-refractivity contribution in [1.82, 2.24) is 10.1 Å². The SMILES string of the molecule is O=C(O)c1cc(NCCc2ncon2)ccc1[N+](=O)[O-]. The number of anilines is 1. The van der Waals surface area contributed by atoms with Gasteiger partial charge in [0.15, 0.2) is 5.82 Å². The fourth-order valence-electron chi connectivity index (χ4n) is 1.60. The third-order valence-electron chi connectivity index (χ3n) is 2.51. The van der Waals surface area contributed by atoms with E-state index in [-0.39, 0.29) is 5.56 Å². The fourth-order valence-corrected chi connectivity index (χ4v) is 1.60. The van der Waals surface area contributed by atoms with Crippen molar-refractivity contribution in [3.63, 3.8) is 0 Å². The largest absolute Gasteiger partial charge is 0.477 e. The molecule has 0 amide bonds. The molecular formula is C11H10N4O5. The van der Waals surface area contributed by atoms with Gasteiger partial charge in [0, 0.05) is 24.7 Å². The zero-order chi connectivity index (χ0) is 14.5. The summed E-state index contributed by atoms with van der Waals surface area (Å²) in [5.74, 6) is -0.837. The summed E-state index contributed by atoms with van der Waals surface area (Å²) in [5.41, 5.74) is -0.336. The number of carboxylic acid groups (broad SMARTS) is 1. The summed E-state index contributed by atoms with van der Waals surface area (Å²) in [7, 11) is 0. The summed E-state index contributed by atoms with van der Waals surface area (Å²) < 4.78 is 4.57. The molecule has 20 heavy (non-hydrogen) atoms. The lowest BCUT2D eigenvalue weighted by Crippen LogP contribution is -2.08. The standard InChI is InChI=1S/C11H10N4O5/c16-11(17)8-5-7(1-2-9(8)15(18)19)12-4-3-10-13-6-20-14-10/h1-2,5-6,12H,3-4H2,(H,16,17). The van der Waals surface area contributed by atoms with E-state index < -0.39 is 16.6 Å². The molecule has 0 aliphatic carbocycles. The Morgan fingerprint density at radius 2 is 2.30 bits per heavy atom. The van der Waals surface area contributed by atoms with Crippen molar-refractivity contribution >= 4 is 17.3 Å². The molecule has 1 aromatic heterocycles. The number of aromatic nitrogens is 2. The number of nitro groups is 1. The van der Waals surface area contributed by atoms with Crippen LogP contribution in [0.5, 0.6) is 0 Å². The third kappa shape index (κ3) is 3.07. The smallest absolute Gasteiger partial charge is 0.342 e. The molecule has 1 heterocycles. The molecule has 2 aromatic rings. The van der Waals surface area contributed by atoms with Gasteiger partial charge in [0.05, 0.1) is 4.92 Å². The molecule has 9 heteroatoms. The molecule has 0 fully saturated rings. The molecule has 0 bridgehead atoms. The van der Waals surface area contributed by atoms with E-state index in [1.54, 1.807) is 0 Å². The Morgan fingerprint density at radius 3 is 2.90 bits per heavy atom. The summed E-state index contributed by atoms with van der Waals surface area (Å²) >= 11 is 0. The molecule has 0 aliphatic rings. The number of rotatable bonds is 6. The Labute approximate surface area is 112 Å². The van der Waals surface area contributed by atoms with Gasteiger partial charge >= 0.3 is 5.97 Å². The maximum Gasteiger partial charge on any atom is 0.342 e. The predicted molar refractivity (Wildman–Crippen MR) is 66.5 cm³/mol. The van der Waals surface area contributed by atoms with E-state index in [1.165, 1.54) is 18.5 Å². The van der Waals surface area contributed by atoms with Gasteiger partial charge in [-0.2, -0.15) is 4.98 Å². The lowest BCUT2D eigenvalue weighted by atomic mass is 10.1. The second-order valence-electron chi connectivity index (χ2n) is 3.82. The first-order chi connectivity index (χ1) is 9.58. The van der Waals surface area contributed by atoms with E-state index in [9.17, 15) is 14.9 Å². The normalized spacial score (nSPS) is 10.2. The van der Waals surface area contributed by atoms with E-state index in [4.69, 9.17) is 5.11 Å². The highest BCUT2D eigenvalue weighted by Gasteiger charge is 2.19. The van der Waals surface area contributed by atoms with Crippen LogP contribution in [0.15, 0.2) is 29.1 Å². The molecule has 0 unspecified atom stereocenters. The lowest BCUT2D eigenvalue weighted by molar-refractivity contribution is -0.385. The van der Waals surface area contributed by atoms with Crippen LogP contribution < -0.4 is 5.32 Å². The number of carbonyl (C=O) groups is 1. The van der Waals surface area contributed by atoms with Crippen LogP contribution in [0.1, 0.15) is 16.2 Å². The van der Waals surface area contributed by atoms with E-state index >= 15 is 0 Å². The van der Waals surface area contributed by atoms with Crippen molar-refractivity contribution < 1.29 is 19.3 Å². The van der Waals surface area contributed by atoms with Crippen molar-refractivity contribution in [3.8, 4) is 0 Å². The highest BCUT2D eigenvalue weighted by Crippen LogP contribution is 2.22. The zero-order valence-electron chi connectivity index (χ0n) is 10.1. The summed E-state index contributed by atoms with van der Waals surface area (Å²) in [5, 5.41) is 26.2. The lowest BCUT2D eigenvalue weighted by Gasteiger charge is -2.06. The van der Waals surface area contributed by atoms with Gasteiger partial charge in [0.25, 0.3) is 5.69 Å². The summed E-state index contributed by atoms with van der Waals surface area (Å²) in [6, 6.07) is 3.82. The maximum atomic E-state index is 11.0. The quantitative estimate of drug-likeness (QED) is 0.597. The first-order valence-electron chi connectivity index (χ1n) is 5.59. The number of nitrogens with one attached hydrogen (secondary N) is 1. The number of benzene rings is 1. The minimum Gasteiger partial charge on any atom is -0.477 e. The molecule has 0 aliphatic heterocycles. The average Bonchev–Trinajstić information content (AvgIpc) is 2.91. The van der Waals surface area contributed by atoms with E-state index in [0.717, 1.165) is 6.07 Å². The van der Waals surface area contributed by atoms with Gasteiger partial charge in [-0.25, -0.2) is 4.79 Å². The molecule has 0 spiro atoms. The van der Waals surface area contributed by atoms with Gasteiger partial charge in [-0.1, -0.05) is 5.16 Å². The van der Waals surface area contributed by atoms with Crippen molar-refractivity contribution in [2.75, 3.05) is 11.9 Å². The van der Waals surface area contributed by atoms with Crippen LogP contribution in [0.2, 0.25) is 0 Å². The molecule has 2 rings (SSSR count). The van der Waals surface area contributed by atoms with Crippen LogP contribution in [0.4, 0.5) is 11.4 Å². The van der Waals surface area contributed by atoms with Crippen LogP contribution in [-0.2, 0) is 6.42 Å². The molecule has 9 nitrogen and oxygen atoms in total. The summed E-state index contributed by atoms with van der Waals surface area (Å²) in [6.45, 7) is 0.441. The molecule has 0 saturated carbocycles. The minimum absolute atomic E-state index is 0.362. The summed E-state index contributed by atoms with van der Waals surface area (Å²) in [6.07, 6.45) is 1.69. The van der Waals surface area contributed by atoms with Crippen LogP contribution in [0.25, 0.3) is 0 Å². The molecular weight excluding hydrogens is 268 g/mol. The van der Waals surface area contributed by atoms with Crippen molar-refractivity contribution in [3.05, 3.63) is 46.1 Å². The Bertz CT molecular complexity index is 626. The molecule has 1 aromatic carbocycles. The molecule has 2 N–H and O–H groups in total. The Kier molecular flexibility index (Phi) is 3.89. The number of carboxylic acids is 1. The highest BCUT2D eigenvalue weighted by atomic mass is 16.6. The average molecular weight is 278 g/mol. The Balaban J connectivity index is 2.07. The van der Waals surface area contributed by atoms with Gasteiger partial charge in [-0.3, -0.25) is 10.1 Å². The molecule has 104 valence electrons. The number of aromatic carboxylic acids is 1. The van der Waals surface area contributed by atoms with Crippen LogP contribution in [-0.4, -0.2) is 32.7 Å². The molecule has 0 atom stereocenters. The van der Waals surface area contributed by atoms with Crippen LogP contribution in [0, 0.1) is 10.1 Å². The maximum absolute atomic E-state index is 11.0. The van der Waals surface area contributed by atoms with Crippen LogP contribution in [0.3, 0.4) is 0 Å². The van der Waals surface area contributed by atoms with Crippen molar-refractivity contribution in [1.29, 1.82) is 0 Å². The first-order valence-corrected chi connectivity index (χ1v) is 5.59. The summed E-state index contributed by atoms with van der Waals surface area (Å²) in [4.78, 5) is 24.8. The monoisotopic (exact) mass is 278 g/mol. The highest BCUT2D eigenvalue weighted by molar-refractivity contribution is 5.93. The van der Waals surface area contributed by atoms with Crippen molar-refractivity contribution in [2.24, 2.45) is 0 Å². The predicted octanol–water partition coefficient (Wildman–Crippen LogP) is 1.33. The van der Waals surface area contributed by atoms with Gasteiger partial charge in [0.2, 0.25) is 6.39 Å². The molecule has 0 saturated heterocycles. The Hall–Kier alpha value is -2.97. The van der Waals surface area contributed by atoms with E-state index in [1.807, 2.05) is 0 Å². The van der Waals surface area contributed by atoms with Gasteiger partial charge < -0.3 is 14.9 Å². The van der Waals surface area contributed by atoms with E-state index in [0.29, 0.717) is 24.5 Å². The zero-order valence-corrected chi connectivity index (χ0v) is 10.1. The Morgan fingerprint density at radius 1 is 1.50 bits per heavy atom. The van der Waals surface area contributed by atoms with Gasteiger partial charge in [0.1, 0.15) is 5.56 Å². The van der Waals surface area contributed by atoms with Gasteiger partial charge in [-0.15, -0.1) is 0 Å².